The maximum Gasteiger partial charge on any atom is 0.193 e. The SMILES string of the molecule is C[C@@H](Oc1ccc(C(=O)c2ccc(F)cc2)cc1)c1ccc(F)cc1. The molecule has 0 saturated heterocycles. The molecule has 0 bridgehead atoms. The minimum Gasteiger partial charge on any atom is -0.486 e. The van der Waals surface area contributed by atoms with Crippen LogP contribution in [0.4, 0.5) is 8.78 Å². The summed E-state index contributed by atoms with van der Waals surface area (Å²) in [5, 5.41) is 0. The molecule has 0 aliphatic carbocycles. The van der Waals surface area contributed by atoms with Gasteiger partial charge in [0.15, 0.2) is 5.78 Å². The molecule has 25 heavy (non-hydrogen) atoms. The second-order valence-corrected chi connectivity index (χ2v) is 5.67. The topological polar surface area (TPSA) is 26.3 Å². The predicted octanol–water partition coefficient (Wildman–Crippen LogP) is 5.34. The van der Waals surface area contributed by atoms with Crippen molar-refractivity contribution in [2.24, 2.45) is 0 Å². The van der Waals surface area contributed by atoms with Crippen molar-refractivity contribution in [3.63, 3.8) is 0 Å². The summed E-state index contributed by atoms with van der Waals surface area (Å²) in [4.78, 5) is 12.3. The minimum atomic E-state index is -0.380. The van der Waals surface area contributed by atoms with Crippen LogP contribution in [0.1, 0.15) is 34.5 Å². The van der Waals surface area contributed by atoms with Crippen LogP contribution in [0.25, 0.3) is 0 Å². The van der Waals surface area contributed by atoms with Crippen LogP contribution >= 0.6 is 0 Å². The van der Waals surface area contributed by atoms with Gasteiger partial charge >= 0.3 is 0 Å². The quantitative estimate of drug-likeness (QED) is 0.587. The van der Waals surface area contributed by atoms with Gasteiger partial charge in [0.05, 0.1) is 0 Å². The molecule has 0 radical (unpaired) electrons. The van der Waals surface area contributed by atoms with E-state index in [1.807, 2.05) is 6.92 Å². The van der Waals surface area contributed by atoms with E-state index >= 15 is 0 Å². The molecule has 0 unspecified atom stereocenters. The van der Waals surface area contributed by atoms with E-state index in [9.17, 15) is 13.6 Å². The van der Waals surface area contributed by atoms with Gasteiger partial charge in [0.1, 0.15) is 23.5 Å². The molecule has 4 heteroatoms. The Kier molecular flexibility index (Phi) is 4.89. The van der Waals surface area contributed by atoms with Crippen molar-refractivity contribution in [2.45, 2.75) is 13.0 Å². The number of hydrogen-bond donors (Lipinski definition) is 0. The zero-order valence-corrected chi connectivity index (χ0v) is 13.6. The second kappa shape index (κ2) is 7.26. The van der Waals surface area contributed by atoms with E-state index in [1.54, 1.807) is 36.4 Å². The lowest BCUT2D eigenvalue weighted by molar-refractivity contribution is 0.103. The van der Waals surface area contributed by atoms with Crippen LogP contribution in [0.2, 0.25) is 0 Å². The summed E-state index contributed by atoms with van der Waals surface area (Å²) in [6.07, 6.45) is -0.251. The average molecular weight is 338 g/mol. The number of carbonyl (C=O) groups is 1. The third-order valence-electron chi connectivity index (χ3n) is 3.88. The molecule has 0 heterocycles. The van der Waals surface area contributed by atoms with Gasteiger partial charge in [0, 0.05) is 11.1 Å². The van der Waals surface area contributed by atoms with Gasteiger partial charge in [-0.25, -0.2) is 8.78 Å². The van der Waals surface area contributed by atoms with E-state index in [0.29, 0.717) is 16.9 Å². The van der Waals surface area contributed by atoms with Gasteiger partial charge in [0.25, 0.3) is 0 Å². The molecule has 0 spiro atoms. The van der Waals surface area contributed by atoms with Gasteiger partial charge in [-0.3, -0.25) is 4.79 Å². The zero-order chi connectivity index (χ0) is 17.8. The Morgan fingerprint density at radius 2 is 1.20 bits per heavy atom. The molecule has 3 aromatic carbocycles. The summed E-state index contributed by atoms with van der Waals surface area (Å²) in [5.74, 6) is -0.250. The summed E-state index contributed by atoms with van der Waals surface area (Å²) >= 11 is 0. The number of carbonyl (C=O) groups excluding carboxylic acids is 1. The fourth-order valence-electron chi connectivity index (χ4n) is 2.46. The number of ketones is 1. The molecular formula is C21H16F2O2. The molecule has 0 N–H and O–H groups in total. The first-order valence-electron chi connectivity index (χ1n) is 7.85. The van der Waals surface area contributed by atoms with Crippen LogP contribution in [0.3, 0.4) is 0 Å². The highest BCUT2D eigenvalue weighted by atomic mass is 19.1. The standard InChI is InChI=1S/C21H16F2O2/c1-14(15-2-8-18(22)9-3-15)25-20-12-6-17(7-13-20)21(24)16-4-10-19(23)11-5-16/h2-14H,1H3/t14-/m1/s1. The van der Waals surface area contributed by atoms with Crippen LogP contribution in [-0.4, -0.2) is 5.78 Å². The molecule has 0 aromatic heterocycles. The Labute approximate surface area is 144 Å². The van der Waals surface area contributed by atoms with E-state index in [2.05, 4.69) is 0 Å². The summed E-state index contributed by atoms with van der Waals surface area (Å²) in [6, 6.07) is 18.3. The molecule has 2 nitrogen and oxygen atoms in total. The highest BCUT2D eigenvalue weighted by Crippen LogP contribution is 2.23. The lowest BCUT2D eigenvalue weighted by Gasteiger charge is -2.15. The number of benzene rings is 3. The fourth-order valence-corrected chi connectivity index (χ4v) is 2.46. The Morgan fingerprint density at radius 3 is 1.72 bits per heavy atom. The Hall–Kier alpha value is -3.01. The summed E-state index contributed by atoms with van der Waals surface area (Å²) < 4.78 is 31.7. The van der Waals surface area contributed by atoms with Crippen molar-refractivity contribution < 1.29 is 18.3 Å². The van der Waals surface area contributed by atoms with E-state index in [1.165, 1.54) is 36.4 Å². The summed E-state index contributed by atoms with van der Waals surface area (Å²) in [7, 11) is 0. The molecule has 3 aromatic rings. The lowest BCUT2D eigenvalue weighted by atomic mass is 10.0. The molecule has 0 aliphatic rings. The molecule has 0 aliphatic heterocycles. The third-order valence-corrected chi connectivity index (χ3v) is 3.88. The summed E-state index contributed by atoms with van der Waals surface area (Å²) in [5.41, 5.74) is 1.77. The van der Waals surface area contributed by atoms with Crippen LogP contribution < -0.4 is 4.74 Å². The molecule has 0 fully saturated rings. The van der Waals surface area contributed by atoms with Crippen molar-refractivity contribution >= 4 is 5.78 Å². The van der Waals surface area contributed by atoms with Gasteiger partial charge < -0.3 is 4.74 Å². The number of ether oxygens (including phenoxy) is 1. The van der Waals surface area contributed by atoms with Gasteiger partial charge in [-0.1, -0.05) is 12.1 Å². The van der Waals surface area contributed by atoms with E-state index < -0.39 is 0 Å². The Balaban J connectivity index is 1.70. The molecule has 1 atom stereocenters. The second-order valence-electron chi connectivity index (χ2n) is 5.67. The fraction of sp³-hybridized carbons (Fsp3) is 0.0952. The van der Waals surface area contributed by atoms with Crippen LogP contribution in [0.5, 0.6) is 5.75 Å². The van der Waals surface area contributed by atoms with Crippen LogP contribution in [0.15, 0.2) is 72.8 Å². The average Bonchev–Trinajstić information content (AvgIpc) is 2.63. The first kappa shape index (κ1) is 16.8. The largest absolute Gasteiger partial charge is 0.486 e. The van der Waals surface area contributed by atoms with E-state index in [-0.39, 0.29) is 23.5 Å². The molecule has 0 saturated carbocycles. The van der Waals surface area contributed by atoms with Crippen molar-refractivity contribution in [2.75, 3.05) is 0 Å². The van der Waals surface area contributed by atoms with E-state index in [4.69, 9.17) is 4.74 Å². The van der Waals surface area contributed by atoms with Crippen molar-refractivity contribution in [1.82, 2.24) is 0 Å². The highest BCUT2D eigenvalue weighted by molar-refractivity contribution is 6.08. The smallest absolute Gasteiger partial charge is 0.193 e. The number of halogens is 2. The minimum absolute atomic E-state index is 0.182. The first-order chi connectivity index (χ1) is 12.0. The maximum atomic E-state index is 13.0. The normalized spacial score (nSPS) is 11.8. The maximum absolute atomic E-state index is 13.0. The van der Waals surface area contributed by atoms with Crippen molar-refractivity contribution in [3.8, 4) is 5.75 Å². The van der Waals surface area contributed by atoms with Gasteiger partial charge in [-0.2, -0.15) is 0 Å². The van der Waals surface area contributed by atoms with Crippen molar-refractivity contribution in [1.29, 1.82) is 0 Å². The number of rotatable bonds is 5. The zero-order valence-electron chi connectivity index (χ0n) is 13.6. The monoisotopic (exact) mass is 338 g/mol. The molecule has 126 valence electrons. The van der Waals surface area contributed by atoms with Gasteiger partial charge in [-0.05, 0) is 73.2 Å². The summed E-state index contributed by atoms with van der Waals surface area (Å²) in [6.45, 7) is 1.87. The van der Waals surface area contributed by atoms with E-state index in [0.717, 1.165) is 5.56 Å². The predicted molar refractivity (Wildman–Crippen MR) is 91.7 cm³/mol. The molecule has 3 rings (SSSR count). The van der Waals surface area contributed by atoms with Gasteiger partial charge in [0.2, 0.25) is 0 Å². The van der Waals surface area contributed by atoms with Gasteiger partial charge in [-0.15, -0.1) is 0 Å². The first-order valence-corrected chi connectivity index (χ1v) is 7.85. The molecular weight excluding hydrogens is 322 g/mol. The Bertz CT molecular complexity index is 854. The van der Waals surface area contributed by atoms with Crippen LogP contribution in [-0.2, 0) is 0 Å². The third kappa shape index (κ3) is 4.10. The number of hydrogen-bond acceptors (Lipinski definition) is 2. The highest BCUT2D eigenvalue weighted by Gasteiger charge is 2.11. The van der Waals surface area contributed by atoms with Crippen molar-refractivity contribution in [3.05, 3.63) is 101 Å². The molecule has 0 amide bonds. The van der Waals surface area contributed by atoms with Crippen LogP contribution in [0, 0.1) is 11.6 Å². The Morgan fingerprint density at radius 1 is 0.760 bits per heavy atom. The lowest BCUT2D eigenvalue weighted by Crippen LogP contribution is -2.04.